The molecule has 4 heteroatoms. The predicted octanol–water partition coefficient (Wildman–Crippen LogP) is 2.75. The molecular formula is C17H25N3O. The summed E-state index contributed by atoms with van der Waals surface area (Å²) in [5, 5.41) is 13.6. The Bertz CT molecular complexity index is 631. The summed E-state index contributed by atoms with van der Waals surface area (Å²) in [5.41, 5.74) is 7.24. The number of hydrogen-bond donors (Lipinski definition) is 1. The van der Waals surface area contributed by atoms with E-state index in [1.807, 2.05) is 11.6 Å². The minimum Gasteiger partial charge on any atom is -0.394 e. The lowest BCUT2D eigenvalue weighted by Gasteiger charge is -2.22. The van der Waals surface area contributed by atoms with Gasteiger partial charge in [-0.25, -0.2) is 0 Å². The molecule has 1 heterocycles. The quantitative estimate of drug-likeness (QED) is 0.919. The van der Waals surface area contributed by atoms with Crippen molar-refractivity contribution in [1.29, 1.82) is 0 Å². The Labute approximate surface area is 127 Å². The Morgan fingerprint density at radius 1 is 1.19 bits per heavy atom. The second-order valence-corrected chi connectivity index (χ2v) is 5.74. The van der Waals surface area contributed by atoms with E-state index in [1.54, 1.807) is 0 Å². The van der Waals surface area contributed by atoms with Gasteiger partial charge >= 0.3 is 0 Å². The number of aliphatic hydroxyl groups is 1. The topological polar surface area (TPSA) is 41.3 Å². The van der Waals surface area contributed by atoms with E-state index in [4.69, 9.17) is 5.11 Å². The lowest BCUT2D eigenvalue weighted by molar-refractivity contribution is 0.268. The summed E-state index contributed by atoms with van der Waals surface area (Å²) in [7, 11) is 2.11. The van der Waals surface area contributed by atoms with E-state index in [1.165, 1.54) is 22.4 Å². The van der Waals surface area contributed by atoms with Crippen molar-refractivity contribution in [2.75, 3.05) is 18.6 Å². The molecule has 0 saturated heterocycles. The first-order valence-electron chi connectivity index (χ1n) is 7.36. The second-order valence-electron chi connectivity index (χ2n) is 5.74. The maximum Gasteiger partial charge on any atom is 0.0646 e. The van der Waals surface area contributed by atoms with E-state index >= 15 is 0 Å². The van der Waals surface area contributed by atoms with Gasteiger partial charge < -0.3 is 10.0 Å². The van der Waals surface area contributed by atoms with Crippen LogP contribution in [0.4, 0.5) is 5.69 Å². The van der Waals surface area contributed by atoms with Gasteiger partial charge in [0.05, 0.1) is 18.8 Å². The smallest absolute Gasteiger partial charge is 0.0646 e. The van der Waals surface area contributed by atoms with Crippen LogP contribution in [0.3, 0.4) is 0 Å². The van der Waals surface area contributed by atoms with Crippen molar-refractivity contribution >= 4 is 5.69 Å². The van der Waals surface area contributed by atoms with E-state index in [-0.39, 0.29) is 6.61 Å². The van der Waals surface area contributed by atoms with Crippen LogP contribution < -0.4 is 4.90 Å². The molecule has 2 rings (SSSR count). The summed E-state index contributed by atoms with van der Waals surface area (Å²) in [4.78, 5) is 2.26. The Morgan fingerprint density at radius 3 is 2.52 bits per heavy atom. The highest BCUT2D eigenvalue weighted by atomic mass is 16.3. The molecule has 0 spiro atoms. The van der Waals surface area contributed by atoms with Crippen molar-refractivity contribution in [3.63, 3.8) is 0 Å². The molecule has 0 atom stereocenters. The van der Waals surface area contributed by atoms with Crippen molar-refractivity contribution in [3.8, 4) is 0 Å². The van der Waals surface area contributed by atoms with E-state index in [9.17, 15) is 0 Å². The normalized spacial score (nSPS) is 11.0. The number of aromatic nitrogens is 2. The molecule has 0 aliphatic heterocycles. The molecule has 2 aromatic rings. The van der Waals surface area contributed by atoms with Crippen molar-refractivity contribution < 1.29 is 5.11 Å². The Balaban J connectivity index is 2.25. The molecule has 4 nitrogen and oxygen atoms in total. The van der Waals surface area contributed by atoms with E-state index in [0.717, 1.165) is 17.9 Å². The minimum atomic E-state index is 0.119. The van der Waals surface area contributed by atoms with Crippen LogP contribution >= 0.6 is 0 Å². The maximum absolute atomic E-state index is 9.10. The van der Waals surface area contributed by atoms with E-state index < -0.39 is 0 Å². The van der Waals surface area contributed by atoms with Gasteiger partial charge in [0.1, 0.15) is 0 Å². The average molecular weight is 287 g/mol. The molecular weight excluding hydrogens is 262 g/mol. The fourth-order valence-electron chi connectivity index (χ4n) is 2.83. The van der Waals surface area contributed by atoms with Crippen LogP contribution in [0.25, 0.3) is 0 Å². The van der Waals surface area contributed by atoms with Crippen LogP contribution in [0.5, 0.6) is 0 Å². The van der Waals surface area contributed by atoms with Gasteiger partial charge in [-0.3, -0.25) is 4.68 Å². The summed E-state index contributed by atoms with van der Waals surface area (Å²) >= 11 is 0. The molecule has 1 aromatic carbocycles. The zero-order chi connectivity index (χ0) is 15.6. The highest BCUT2D eigenvalue weighted by Crippen LogP contribution is 2.23. The lowest BCUT2D eigenvalue weighted by Crippen LogP contribution is -2.18. The fraction of sp³-hybridized carbons (Fsp3) is 0.471. The molecule has 0 bridgehead atoms. The SMILES string of the molecule is Cc1ccc(N(C)Cc2c(C)nn(CCO)c2C)c(C)c1. The van der Waals surface area contributed by atoms with E-state index in [0.29, 0.717) is 6.54 Å². The van der Waals surface area contributed by atoms with Gasteiger partial charge in [-0.1, -0.05) is 17.7 Å². The number of hydrogen-bond acceptors (Lipinski definition) is 3. The third-order valence-corrected chi connectivity index (χ3v) is 4.00. The van der Waals surface area contributed by atoms with Crippen LogP contribution in [0.1, 0.15) is 28.1 Å². The van der Waals surface area contributed by atoms with Gasteiger partial charge in [-0.15, -0.1) is 0 Å². The molecule has 0 aliphatic rings. The number of aliphatic hydroxyl groups excluding tert-OH is 1. The molecule has 114 valence electrons. The molecule has 0 amide bonds. The number of rotatable bonds is 5. The summed E-state index contributed by atoms with van der Waals surface area (Å²) in [6.45, 7) is 9.87. The summed E-state index contributed by atoms with van der Waals surface area (Å²) < 4.78 is 1.89. The lowest BCUT2D eigenvalue weighted by atomic mass is 10.1. The van der Waals surface area contributed by atoms with Crippen molar-refractivity contribution in [2.24, 2.45) is 0 Å². The fourth-order valence-corrected chi connectivity index (χ4v) is 2.83. The number of benzene rings is 1. The first-order chi connectivity index (χ1) is 9.93. The van der Waals surface area contributed by atoms with Crippen LogP contribution in [0.15, 0.2) is 18.2 Å². The van der Waals surface area contributed by atoms with Crippen LogP contribution in [-0.4, -0.2) is 28.5 Å². The van der Waals surface area contributed by atoms with Gasteiger partial charge in [-0.2, -0.15) is 5.10 Å². The summed E-state index contributed by atoms with van der Waals surface area (Å²) in [6, 6.07) is 6.53. The molecule has 0 aliphatic carbocycles. The van der Waals surface area contributed by atoms with Gasteiger partial charge in [0.15, 0.2) is 0 Å². The highest BCUT2D eigenvalue weighted by molar-refractivity contribution is 5.54. The number of nitrogens with zero attached hydrogens (tertiary/aromatic N) is 3. The van der Waals surface area contributed by atoms with Crippen molar-refractivity contribution in [2.45, 2.75) is 40.8 Å². The Morgan fingerprint density at radius 2 is 1.90 bits per heavy atom. The third-order valence-electron chi connectivity index (χ3n) is 4.00. The van der Waals surface area contributed by atoms with Crippen molar-refractivity contribution in [1.82, 2.24) is 9.78 Å². The van der Waals surface area contributed by atoms with Gasteiger partial charge in [0.25, 0.3) is 0 Å². The minimum absolute atomic E-state index is 0.119. The molecule has 0 unspecified atom stereocenters. The second kappa shape index (κ2) is 6.31. The molecule has 0 radical (unpaired) electrons. The zero-order valence-electron chi connectivity index (χ0n) is 13.6. The summed E-state index contributed by atoms with van der Waals surface area (Å²) in [6.07, 6.45) is 0. The Hall–Kier alpha value is -1.81. The molecule has 1 aromatic heterocycles. The number of aryl methyl sites for hydroxylation is 3. The monoisotopic (exact) mass is 287 g/mol. The maximum atomic E-state index is 9.10. The van der Waals surface area contributed by atoms with Crippen LogP contribution in [-0.2, 0) is 13.1 Å². The van der Waals surface area contributed by atoms with E-state index in [2.05, 4.69) is 56.0 Å². The van der Waals surface area contributed by atoms with Gasteiger partial charge in [0.2, 0.25) is 0 Å². The first-order valence-corrected chi connectivity index (χ1v) is 7.36. The number of anilines is 1. The predicted molar refractivity (Wildman–Crippen MR) is 86.8 cm³/mol. The molecule has 1 N–H and O–H groups in total. The largest absolute Gasteiger partial charge is 0.394 e. The molecule has 0 saturated carbocycles. The Kier molecular flexibility index (Phi) is 4.68. The van der Waals surface area contributed by atoms with Gasteiger partial charge in [-0.05, 0) is 39.3 Å². The van der Waals surface area contributed by atoms with Crippen LogP contribution in [0.2, 0.25) is 0 Å². The molecule has 21 heavy (non-hydrogen) atoms. The van der Waals surface area contributed by atoms with Crippen molar-refractivity contribution in [3.05, 3.63) is 46.3 Å². The molecule has 0 fully saturated rings. The third kappa shape index (κ3) is 3.27. The van der Waals surface area contributed by atoms with Gasteiger partial charge in [0, 0.05) is 30.5 Å². The highest BCUT2D eigenvalue weighted by Gasteiger charge is 2.14. The average Bonchev–Trinajstić information content (AvgIpc) is 2.67. The zero-order valence-corrected chi connectivity index (χ0v) is 13.6. The standard InChI is InChI=1S/C17H25N3O/c1-12-6-7-17(13(2)10-12)19(5)11-16-14(3)18-20(8-9-21)15(16)4/h6-7,10,21H,8-9,11H2,1-5H3. The van der Waals surface area contributed by atoms with Crippen LogP contribution in [0, 0.1) is 27.7 Å². The first kappa shape index (κ1) is 15.6. The summed E-state index contributed by atoms with van der Waals surface area (Å²) in [5.74, 6) is 0.